The number of carbonyl (C=O) groups excluding carboxylic acids is 1. The Morgan fingerprint density at radius 3 is 1.83 bits per heavy atom. The van der Waals surface area contributed by atoms with E-state index in [1.54, 1.807) is 53.6 Å². The molecular formula is C45H58Cl4F2N6O. The summed E-state index contributed by atoms with van der Waals surface area (Å²) in [4.78, 5) is 22.0. The number of nitrogens with two attached hydrogens (primary N) is 1. The van der Waals surface area contributed by atoms with Crippen LogP contribution in [0, 0.1) is 22.5 Å². The molecule has 2 heterocycles. The van der Waals surface area contributed by atoms with E-state index in [0.717, 1.165) is 46.0 Å². The zero-order chi connectivity index (χ0) is 38.5. The Bertz CT molecular complexity index is 2170. The van der Waals surface area contributed by atoms with Gasteiger partial charge in [0.25, 0.3) is 0 Å². The minimum atomic E-state index is -0.296. The summed E-state index contributed by atoms with van der Waals surface area (Å²) in [5, 5.41) is 3.68. The van der Waals surface area contributed by atoms with Crippen molar-refractivity contribution in [3.05, 3.63) is 108 Å². The maximum atomic E-state index is 14.4. The van der Waals surface area contributed by atoms with Crippen molar-refractivity contribution in [1.82, 2.24) is 24.8 Å². The second kappa shape index (κ2) is 22.2. The van der Waals surface area contributed by atoms with Crippen LogP contribution in [-0.4, -0.2) is 37.9 Å². The number of fused-ring (bicyclic) bond motifs is 2. The van der Waals surface area contributed by atoms with Gasteiger partial charge in [0.05, 0.1) is 34.7 Å². The van der Waals surface area contributed by atoms with Gasteiger partial charge in [-0.25, -0.2) is 18.7 Å². The van der Waals surface area contributed by atoms with Crippen LogP contribution < -0.4 is 11.1 Å². The predicted octanol–water partition coefficient (Wildman–Crippen LogP) is 12.2. The van der Waals surface area contributed by atoms with Crippen LogP contribution in [0.15, 0.2) is 85.5 Å². The van der Waals surface area contributed by atoms with Crippen LogP contribution in [0.1, 0.15) is 95.0 Å². The van der Waals surface area contributed by atoms with Crippen molar-refractivity contribution < 1.29 is 13.6 Å². The summed E-state index contributed by atoms with van der Waals surface area (Å²) < 4.78 is 30.3. The summed E-state index contributed by atoms with van der Waals surface area (Å²) in [5.74, 6) is -0.521. The van der Waals surface area contributed by atoms with Gasteiger partial charge in [0.15, 0.2) is 0 Å². The molecule has 0 amide bonds. The first-order valence-corrected chi connectivity index (χ1v) is 19.2. The first kappa shape index (κ1) is 50.6. The minimum Gasteiger partial charge on any atom is -0.345 e. The van der Waals surface area contributed by atoms with Crippen molar-refractivity contribution in [1.29, 1.82) is 0 Å². The van der Waals surface area contributed by atoms with Crippen LogP contribution in [-0.2, 0) is 13.6 Å². The lowest BCUT2D eigenvalue weighted by atomic mass is 9.75. The molecule has 2 aromatic heterocycles. The Labute approximate surface area is 366 Å². The van der Waals surface area contributed by atoms with Crippen molar-refractivity contribution in [2.75, 3.05) is 0 Å². The number of nitrogens with zero attached hydrogens (tertiary/aromatic N) is 3. The molecule has 7 nitrogen and oxygen atoms in total. The molecule has 0 saturated heterocycles. The SMILES string of the molecule is CC1(C)CCC(N)CC1.CC1(C)CCC(NCc2ccc(-c3cc4nc[nH]c4cc3F)cc2)CC1.Cl.Cl.Cl.Cl.Cn1cnc2cc(-c3ccc(C=O)cc3)c(F)cc21. The minimum absolute atomic E-state index is 0. The number of aldehydes is 1. The smallest absolute Gasteiger partial charge is 0.150 e. The second-order valence-corrected chi connectivity index (χ2v) is 16.7. The van der Waals surface area contributed by atoms with Crippen LogP contribution in [0.4, 0.5) is 8.78 Å². The zero-order valence-corrected chi connectivity index (χ0v) is 37.2. The number of aromatic nitrogens is 4. The van der Waals surface area contributed by atoms with Crippen molar-refractivity contribution in [2.24, 2.45) is 23.6 Å². The molecule has 0 radical (unpaired) electrons. The van der Waals surface area contributed by atoms with Crippen LogP contribution in [0.25, 0.3) is 44.3 Å². The molecule has 2 aliphatic rings. The molecule has 4 N–H and O–H groups in total. The Morgan fingerprint density at radius 2 is 1.28 bits per heavy atom. The summed E-state index contributed by atoms with van der Waals surface area (Å²) in [7, 11) is 1.83. The highest BCUT2D eigenvalue weighted by Crippen LogP contribution is 2.36. The average molecular weight is 879 g/mol. The fourth-order valence-corrected chi connectivity index (χ4v) is 7.38. The fraction of sp³-hybridized carbons (Fsp3) is 0.400. The molecule has 0 bridgehead atoms. The number of aromatic amines is 1. The predicted molar refractivity (Wildman–Crippen MR) is 245 cm³/mol. The maximum Gasteiger partial charge on any atom is 0.150 e. The lowest BCUT2D eigenvalue weighted by Gasteiger charge is -2.34. The van der Waals surface area contributed by atoms with Gasteiger partial charge in [-0.05, 0) is 91.0 Å². The van der Waals surface area contributed by atoms with Crippen LogP contribution in [0.3, 0.4) is 0 Å². The topological polar surface area (TPSA) is 102 Å². The Balaban J connectivity index is 0.000000320. The maximum absolute atomic E-state index is 14.4. The van der Waals surface area contributed by atoms with Crippen molar-refractivity contribution in [3.63, 3.8) is 0 Å². The van der Waals surface area contributed by atoms with Crippen molar-refractivity contribution in [2.45, 2.75) is 97.7 Å². The number of benzene rings is 4. The van der Waals surface area contributed by atoms with E-state index in [2.05, 4.69) is 60.1 Å². The van der Waals surface area contributed by atoms with E-state index in [9.17, 15) is 13.6 Å². The molecule has 58 heavy (non-hydrogen) atoms. The van der Waals surface area contributed by atoms with Gasteiger partial charge in [-0.1, -0.05) is 76.2 Å². The lowest BCUT2D eigenvalue weighted by molar-refractivity contribution is 0.112. The largest absolute Gasteiger partial charge is 0.345 e. The second-order valence-electron chi connectivity index (χ2n) is 16.7. The van der Waals surface area contributed by atoms with Crippen LogP contribution >= 0.6 is 49.6 Å². The van der Waals surface area contributed by atoms with Gasteiger partial charge >= 0.3 is 0 Å². The molecule has 2 aliphatic carbocycles. The number of imidazole rings is 2. The first-order chi connectivity index (χ1) is 25.8. The number of hydrogen-bond donors (Lipinski definition) is 3. The van der Waals surface area contributed by atoms with E-state index in [-0.39, 0.29) is 61.3 Å². The van der Waals surface area contributed by atoms with Crippen LogP contribution in [0.2, 0.25) is 0 Å². The van der Waals surface area contributed by atoms with E-state index in [4.69, 9.17) is 5.73 Å². The zero-order valence-electron chi connectivity index (χ0n) is 33.9. The molecule has 0 atom stereocenters. The van der Waals surface area contributed by atoms with Gasteiger partial charge in [-0.2, -0.15) is 0 Å². The number of nitrogens with one attached hydrogen (secondary N) is 2. The molecule has 316 valence electrons. The van der Waals surface area contributed by atoms with Gasteiger partial charge < -0.3 is 20.6 Å². The quantitative estimate of drug-likeness (QED) is 0.145. The third-order valence-corrected chi connectivity index (χ3v) is 11.3. The molecule has 2 fully saturated rings. The van der Waals surface area contributed by atoms with E-state index in [1.165, 1.54) is 69.1 Å². The number of carbonyl (C=O) groups is 1. The summed E-state index contributed by atoms with van der Waals surface area (Å²) in [5.41, 5.74) is 14.4. The van der Waals surface area contributed by atoms with E-state index in [0.29, 0.717) is 39.6 Å². The highest BCUT2D eigenvalue weighted by Gasteiger charge is 2.26. The standard InChI is InChI=1S/C22H26FN3.C15H11FN2O.C8H17N.4ClH/c1-22(2)9-7-17(8-10-22)24-13-15-3-5-16(6-4-15)18-11-20-21(12-19(18)23)26-14-25-20;1-18-9-17-14-6-12(13(16)7-15(14)18)11-4-2-10(8-19)3-5-11;1-8(2)5-3-7(9)4-6-8;;;;/h3-6,11-12,14,17,24H,7-10,13H2,1-2H3,(H,25,26);2-9H,1H3;7H,3-6,9H2,1-2H3;4*1H. The molecule has 8 rings (SSSR count). The Hall–Kier alpha value is -3.57. The first-order valence-electron chi connectivity index (χ1n) is 19.2. The van der Waals surface area contributed by atoms with E-state index >= 15 is 0 Å². The number of halogens is 6. The summed E-state index contributed by atoms with van der Waals surface area (Å²) >= 11 is 0. The summed E-state index contributed by atoms with van der Waals surface area (Å²) in [6.07, 6.45) is 14.2. The van der Waals surface area contributed by atoms with Crippen molar-refractivity contribution >= 4 is 78.0 Å². The molecule has 4 aromatic carbocycles. The number of aryl methyl sites for hydroxylation is 1. The van der Waals surface area contributed by atoms with Gasteiger partial charge in [0, 0.05) is 54.5 Å². The number of H-pyrrole nitrogens is 1. The highest BCUT2D eigenvalue weighted by atomic mass is 35.5. The molecule has 13 heteroatoms. The molecule has 2 saturated carbocycles. The lowest BCUT2D eigenvalue weighted by Crippen LogP contribution is -2.35. The highest BCUT2D eigenvalue weighted by molar-refractivity contribution is 5.86. The summed E-state index contributed by atoms with van der Waals surface area (Å²) in [6.45, 7) is 10.3. The average Bonchev–Trinajstić information content (AvgIpc) is 3.77. The van der Waals surface area contributed by atoms with Gasteiger partial charge in [0.2, 0.25) is 0 Å². The summed E-state index contributed by atoms with van der Waals surface area (Å²) in [6, 6.07) is 22.6. The molecule has 0 spiro atoms. The molecule has 0 aliphatic heterocycles. The Kier molecular flexibility index (Phi) is 19.3. The molecule has 6 aromatic rings. The number of hydrogen-bond acceptors (Lipinski definition) is 5. The molecular weight excluding hydrogens is 820 g/mol. The third-order valence-electron chi connectivity index (χ3n) is 11.3. The molecule has 0 unspecified atom stereocenters. The number of rotatable bonds is 6. The van der Waals surface area contributed by atoms with E-state index < -0.39 is 0 Å². The van der Waals surface area contributed by atoms with Gasteiger partial charge in [0.1, 0.15) is 17.9 Å². The van der Waals surface area contributed by atoms with Crippen molar-refractivity contribution in [3.8, 4) is 22.3 Å². The third kappa shape index (κ3) is 13.2. The fourth-order valence-electron chi connectivity index (χ4n) is 7.38. The normalized spacial score (nSPS) is 15.9. The van der Waals surface area contributed by atoms with Gasteiger partial charge in [-0.15, -0.1) is 49.6 Å². The van der Waals surface area contributed by atoms with Gasteiger partial charge in [-0.3, -0.25) is 4.79 Å². The Morgan fingerprint density at radius 1 is 0.759 bits per heavy atom. The monoisotopic (exact) mass is 876 g/mol. The van der Waals surface area contributed by atoms with Crippen LogP contribution in [0.5, 0.6) is 0 Å². The van der Waals surface area contributed by atoms with E-state index in [1.807, 2.05) is 19.2 Å².